The van der Waals surface area contributed by atoms with E-state index >= 15 is 0 Å². The number of amides is 2. The van der Waals surface area contributed by atoms with Crippen LogP contribution in [0.1, 0.15) is 54.2 Å². The van der Waals surface area contributed by atoms with Crippen LogP contribution in [-0.4, -0.2) is 34.9 Å². The average molecular weight is 401 g/mol. The highest BCUT2D eigenvalue weighted by molar-refractivity contribution is 6.30. The van der Waals surface area contributed by atoms with E-state index in [1.165, 1.54) is 4.90 Å². The number of unbranched alkanes of at least 4 members (excludes halogenated alkanes) is 1. The monoisotopic (exact) mass is 400 g/mol. The Labute approximate surface area is 170 Å². The molecule has 0 aliphatic carbocycles. The maximum Gasteiger partial charge on any atom is 0.255 e. The smallest absolute Gasteiger partial charge is 0.255 e. The van der Waals surface area contributed by atoms with E-state index in [1.54, 1.807) is 49.4 Å². The van der Waals surface area contributed by atoms with E-state index in [9.17, 15) is 14.7 Å². The highest BCUT2D eigenvalue weighted by Crippen LogP contribution is 2.36. The highest BCUT2D eigenvalue weighted by atomic mass is 35.5. The van der Waals surface area contributed by atoms with Crippen LogP contribution < -0.4 is 5.32 Å². The number of carbonyl (C=O) groups is 2. The van der Waals surface area contributed by atoms with Gasteiger partial charge in [0.1, 0.15) is 11.6 Å². The number of aliphatic hydroxyl groups is 1. The van der Waals surface area contributed by atoms with Crippen LogP contribution in [0.25, 0.3) is 0 Å². The molecule has 1 heterocycles. The summed E-state index contributed by atoms with van der Waals surface area (Å²) in [4.78, 5) is 27.4. The van der Waals surface area contributed by atoms with Gasteiger partial charge in [0.2, 0.25) is 5.91 Å². The molecule has 0 bridgehead atoms. The number of β-amino-alcohol motifs (C(OH)–C–C–N with tert-alkyl or cyclic N) is 1. The Kier molecular flexibility index (Phi) is 6.06. The van der Waals surface area contributed by atoms with Gasteiger partial charge in [0.05, 0.1) is 6.54 Å². The van der Waals surface area contributed by atoms with Gasteiger partial charge in [0, 0.05) is 17.1 Å². The summed E-state index contributed by atoms with van der Waals surface area (Å²) in [6.07, 6.45) is 1.84. The Morgan fingerprint density at radius 2 is 1.89 bits per heavy atom. The lowest BCUT2D eigenvalue weighted by Crippen LogP contribution is -2.45. The summed E-state index contributed by atoms with van der Waals surface area (Å²) in [6, 6.07) is 13.2. The number of nitrogens with one attached hydrogen (secondary N) is 1. The number of fused-ring (bicyclic) bond motifs is 1. The molecular formula is C22H25ClN2O3. The standard InChI is InChI=1S/C22H25ClN2O3/c1-3-4-13-24-20(26)19-17-7-5-6-8-18(17)21(27)25(19)14-22(2,28)15-9-11-16(23)12-10-15/h5-12,19,28H,3-4,13-14H2,1-2H3,(H,24,26). The summed E-state index contributed by atoms with van der Waals surface area (Å²) < 4.78 is 0. The summed E-state index contributed by atoms with van der Waals surface area (Å²) in [5.41, 5.74) is 0.480. The van der Waals surface area contributed by atoms with Gasteiger partial charge >= 0.3 is 0 Å². The number of hydrogen-bond donors (Lipinski definition) is 2. The number of halogens is 1. The predicted molar refractivity (Wildman–Crippen MR) is 109 cm³/mol. The van der Waals surface area contributed by atoms with Crippen LogP contribution >= 0.6 is 11.6 Å². The van der Waals surface area contributed by atoms with Crippen molar-refractivity contribution in [1.29, 1.82) is 0 Å². The lowest BCUT2D eigenvalue weighted by atomic mass is 9.95. The van der Waals surface area contributed by atoms with Crippen LogP contribution in [0.5, 0.6) is 0 Å². The second kappa shape index (κ2) is 8.33. The lowest BCUT2D eigenvalue weighted by Gasteiger charge is -2.33. The molecule has 2 aromatic carbocycles. The second-order valence-electron chi connectivity index (χ2n) is 7.35. The second-order valence-corrected chi connectivity index (χ2v) is 7.78. The van der Waals surface area contributed by atoms with Gasteiger partial charge in [-0.15, -0.1) is 0 Å². The number of rotatable bonds is 7. The number of benzene rings is 2. The van der Waals surface area contributed by atoms with Gasteiger partial charge < -0.3 is 15.3 Å². The molecule has 28 heavy (non-hydrogen) atoms. The minimum Gasteiger partial charge on any atom is -0.384 e. The summed E-state index contributed by atoms with van der Waals surface area (Å²) in [6.45, 7) is 4.24. The maximum absolute atomic E-state index is 13.0. The molecule has 2 N–H and O–H groups in total. The first-order valence-corrected chi connectivity index (χ1v) is 9.89. The van der Waals surface area contributed by atoms with Crippen molar-refractivity contribution in [2.45, 2.75) is 38.3 Å². The van der Waals surface area contributed by atoms with Crippen LogP contribution in [0.3, 0.4) is 0 Å². The van der Waals surface area contributed by atoms with Crippen LogP contribution in [0, 0.1) is 0 Å². The first-order chi connectivity index (χ1) is 13.3. The molecule has 3 rings (SSSR count). The zero-order valence-corrected chi connectivity index (χ0v) is 16.9. The van der Waals surface area contributed by atoms with Crippen LogP contribution in [0.15, 0.2) is 48.5 Å². The molecule has 5 nitrogen and oxygen atoms in total. The zero-order chi connectivity index (χ0) is 20.3. The molecule has 2 atom stereocenters. The first kappa shape index (κ1) is 20.4. The average Bonchev–Trinajstić information content (AvgIpc) is 2.94. The third-order valence-electron chi connectivity index (χ3n) is 5.08. The van der Waals surface area contributed by atoms with Crippen LogP contribution in [0.4, 0.5) is 0 Å². The maximum atomic E-state index is 13.0. The minimum absolute atomic E-state index is 0.00594. The van der Waals surface area contributed by atoms with E-state index in [-0.39, 0.29) is 18.4 Å². The van der Waals surface area contributed by atoms with Gasteiger partial charge in [-0.2, -0.15) is 0 Å². The largest absolute Gasteiger partial charge is 0.384 e. The van der Waals surface area contributed by atoms with E-state index in [2.05, 4.69) is 12.2 Å². The van der Waals surface area contributed by atoms with E-state index in [4.69, 9.17) is 11.6 Å². The first-order valence-electron chi connectivity index (χ1n) is 9.51. The molecule has 1 aliphatic rings. The van der Waals surface area contributed by atoms with Crippen molar-refractivity contribution in [2.24, 2.45) is 0 Å². The molecule has 2 amide bonds. The SMILES string of the molecule is CCCCNC(=O)C1c2ccccc2C(=O)N1CC(C)(O)c1ccc(Cl)cc1. The number of nitrogens with zero attached hydrogens (tertiary/aromatic N) is 1. The van der Waals surface area contributed by atoms with E-state index < -0.39 is 11.6 Å². The van der Waals surface area contributed by atoms with Crippen LogP contribution in [0.2, 0.25) is 5.02 Å². The highest BCUT2D eigenvalue weighted by Gasteiger charge is 2.43. The van der Waals surface area contributed by atoms with Crippen molar-refractivity contribution in [3.05, 3.63) is 70.2 Å². The third kappa shape index (κ3) is 4.05. The summed E-state index contributed by atoms with van der Waals surface area (Å²) in [7, 11) is 0. The molecule has 0 radical (unpaired) electrons. The molecule has 2 aromatic rings. The van der Waals surface area contributed by atoms with Crippen molar-refractivity contribution in [3.63, 3.8) is 0 Å². The van der Waals surface area contributed by atoms with Gasteiger partial charge in [0.15, 0.2) is 0 Å². The van der Waals surface area contributed by atoms with E-state index in [0.29, 0.717) is 28.3 Å². The Bertz CT molecular complexity index is 864. The fraction of sp³-hybridized carbons (Fsp3) is 0.364. The van der Waals surface area contributed by atoms with Gasteiger partial charge in [-0.1, -0.05) is 55.3 Å². The van der Waals surface area contributed by atoms with Gasteiger partial charge in [-0.25, -0.2) is 0 Å². The topological polar surface area (TPSA) is 69.6 Å². The van der Waals surface area contributed by atoms with E-state index in [1.807, 2.05) is 6.07 Å². The molecular weight excluding hydrogens is 376 g/mol. The molecule has 0 aromatic heterocycles. The third-order valence-corrected chi connectivity index (χ3v) is 5.33. The van der Waals surface area contributed by atoms with Crippen molar-refractivity contribution < 1.29 is 14.7 Å². The quantitative estimate of drug-likeness (QED) is 0.697. The molecule has 2 unspecified atom stereocenters. The predicted octanol–water partition coefficient (Wildman–Crippen LogP) is 3.66. The molecule has 0 saturated heterocycles. The zero-order valence-electron chi connectivity index (χ0n) is 16.1. The molecule has 0 fully saturated rings. The van der Waals surface area contributed by atoms with Crippen molar-refractivity contribution >= 4 is 23.4 Å². The number of carbonyl (C=O) groups excluding carboxylic acids is 2. The van der Waals surface area contributed by atoms with Gasteiger partial charge in [-0.3, -0.25) is 9.59 Å². The van der Waals surface area contributed by atoms with Gasteiger partial charge in [0.25, 0.3) is 5.91 Å². The molecule has 6 heteroatoms. The summed E-state index contributed by atoms with van der Waals surface area (Å²) in [5.74, 6) is -0.473. The minimum atomic E-state index is -1.33. The Hall–Kier alpha value is -2.37. The molecule has 148 valence electrons. The summed E-state index contributed by atoms with van der Waals surface area (Å²) in [5, 5.41) is 14.6. The summed E-state index contributed by atoms with van der Waals surface area (Å²) >= 11 is 5.94. The Morgan fingerprint density at radius 3 is 2.57 bits per heavy atom. The molecule has 1 aliphatic heterocycles. The number of hydrogen-bond acceptors (Lipinski definition) is 3. The fourth-order valence-electron chi connectivity index (χ4n) is 3.53. The van der Waals surface area contributed by atoms with Crippen molar-refractivity contribution in [3.8, 4) is 0 Å². The molecule has 0 spiro atoms. The normalized spacial score (nSPS) is 17.9. The van der Waals surface area contributed by atoms with Crippen molar-refractivity contribution in [1.82, 2.24) is 10.2 Å². The Morgan fingerprint density at radius 1 is 1.21 bits per heavy atom. The van der Waals surface area contributed by atoms with Crippen LogP contribution in [-0.2, 0) is 10.4 Å². The molecule has 0 saturated carbocycles. The fourth-order valence-corrected chi connectivity index (χ4v) is 3.66. The Balaban J connectivity index is 1.90. The van der Waals surface area contributed by atoms with Crippen molar-refractivity contribution in [2.75, 3.05) is 13.1 Å². The van der Waals surface area contributed by atoms with E-state index in [0.717, 1.165) is 12.8 Å². The van der Waals surface area contributed by atoms with Gasteiger partial charge in [-0.05, 0) is 42.7 Å². The lowest BCUT2D eigenvalue weighted by molar-refractivity contribution is -0.126.